The van der Waals surface area contributed by atoms with E-state index in [0.717, 1.165) is 35.2 Å². The van der Waals surface area contributed by atoms with Gasteiger partial charge in [-0.05, 0) is 38.1 Å². The number of halogens is 3. The highest BCUT2D eigenvalue weighted by Crippen LogP contribution is 2.27. The molecule has 88 valence electrons. The average molecular weight is 323 g/mol. The second-order valence-corrected chi connectivity index (χ2v) is 6.26. The number of rotatable bonds is 2. The molecule has 0 N–H and O–H groups in total. The molecular formula is C12H14BrCl2N. The molecule has 4 heteroatoms. The number of hydrogen-bond acceptors (Lipinski definition) is 1. The number of benzene rings is 1. The van der Waals surface area contributed by atoms with E-state index < -0.39 is 0 Å². The van der Waals surface area contributed by atoms with Crippen LogP contribution in [0.1, 0.15) is 18.4 Å². The van der Waals surface area contributed by atoms with Gasteiger partial charge in [0.25, 0.3) is 0 Å². The minimum Gasteiger partial charge on any atom is -0.299 e. The third kappa shape index (κ3) is 3.13. The van der Waals surface area contributed by atoms with Crippen molar-refractivity contribution in [2.45, 2.75) is 24.2 Å². The van der Waals surface area contributed by atoms with Crippen LogP contribution in [0.5, 0.6) is 0 Å². The first-order valence-electron chi connectivity index (χ1n) is 5.46. The van der Waals surface area contributed by atoms with Crippen molar-refractivity contribution in [3.8, 4) is 0 Å². The molecule has 1 nitrogen and oxygen atoms in total. The summed E-state index contributed by atoms with van der Waals surface area (Å²) in [6, 6.07) is 5.69. The lowest BCUT2D eigenvalue weighted by Gasteiger charge is -2.29. The maximum absolute atomic E-state index is 6.16. The van der Waals surface area contributed by atoms with E-state index in [4.69, 9.17) is 23.2 Å². The Kier molecular flexibility index (Phi) is 4.54. The van der Waals surface area contributed by atoms with Crippen LogP contribution in [0.2, 0.25) is 10.0 Å². The van der Waals surface area contributed by atoms with Crippen molar-refractivity contribution in [3.63, 3.8) is 0 Å². The lowest BCUT2D eigenvalue weighted by Crippen LogP contribution is -2.33. The molecule has 0 unspecified atom stereocenters. The van der Waals surface area contributed by atoms with Gasteiger partial charge in [0.2, 0.25) is 0 Å². The van der Waals surface area contributed by atoms with Gasteiger partial charge < -0.3 is 0 Å². The van der Waals surface area contributed by atoms with Crippen molar-refractivity contribution in [2.75, 3.05) is 13.1 Å². The van der Waals surface area contributed by atoms with E-state index in [1.807, 2.05) is 18.2 Å². The molecule has 0 spiro atoms. The lowest BCUT2D eigenvalue weighted by atomic mass is 10.1. The van der Waals surface area contributed by atoms with E-state index in [0.29, 0.717) is 4.83 Å². The maximum atomic E-state index is 6.16. The van der Waals surface area contributed by atoms with Crippen molar-refractivity contribution in [3.05, 3.63) is 33.8 Å². The van der Waals surface area contributed by atoms with Crippen LogP contribution in [0.4, 0.5) is 0 Å². The summed E-state index contributed by atoms with van der Waals surface area (Å²) >= 11 is 16.0. The van der Waals surface area contributed by atoms with Crippen molar-refractivity contribution in [1.82, 2.24) is 4.90 Å². The van der Waals surface area contributed by atoms with E-state index >= 15 is 0 Å². The molecule has 0 amide bonds. The fourth-order valence-electron chi connectivity index (χ4n) is 1.97. The quantitative estimate of drug-likeness (QED) is 0.731. The Morgan fingerprint density at radius 1 is 1.19 bits per heavy atom. The summed E-state index contributed by atoms with van der Waals surface area (Å²) in [4.78, 5) is 3.08. The first-order chi connectivity index (χ1) is 7.66. The highest BCUT2D eigenvalue weighted by Gasteiger charge is 2.18. The van der Waals surface area contributed by atoms with Gasteiger partial charge in [-0.1, -0.05) is 45.2 Å². The normalized spacial score (nSPS) is 18.9. The number of likely N-dealkylation sites (tertiary alicyclic amines) is 1. The Labute approximate surface area is 115 Å². The van der Waals surface area contributed by atoms with Gasteiger partial charge in [-0.2, -0.15) is 0 Å². The third-order valence-corrected chi connectivity index (χ3v) is 4.58. The molecule has 0 bridgehead atoms. The fourth-order valence-corrected chi connectivity index (χ4v) is 2.89. The molecule has 2 rings (SSSR count). The van der Waals surface area contributed by atoms with Crippen LogP contribution >= 0.6 is 39.1 Å². The summed E-state index contributed by atoms with van der Waals surface area (Å²) in [5.74, 6) is 0. The van der Waals surface area contributed by atoms with Crippen molar-refractivity contribution in [2.24, 2.45) is 0 Å². The van der Waals surface area contributed by atoms with Crippen LogP contribution in [0, 0.1) is 0 Å². The standard InChI is InChI=1S/C12H14BrCl2N/c13-9-4-6-16(7-5-9)8-10-11(14)2-1-3-12(10)15/h1-3,9H,4-8H2. The second-order valence-electron chi connectivity index (χ2n) is 4.15. The number of piperidine rings is 1. The minimum absolute atomic E-state index is 0.672. The molecule has 0 aromatic heterocycles. The Morgan fingerprint density at radius 2 is 1.75 bits per heavy atom. The summed E-state index contributed by atoms with van der Waals surface area (Å²) < 4.78 is 0. The van der Waals surface area contributed by atoms with E-state index in [9.17, 15) is 0 Å². The van der Waals surface area contributed by atoms with Gasteiger partial charge in [0.1, 0.15) is 0 Å². The molecule has 0 saturated carbocycles. The molecule has 16 heavy (non-hydrogen) atoms. The molecule has 1 fully saturated rings. The van der Waals surface area contributed by atoms with Gasteiger partial charge >= 0.3 is 0 Å². The predicted octanol–water partition coefficient (Wildman–Crippen LogP) is 4.35. The van der Waals surface area contributed by atoms with E-state index in [1.165, 1.54) is 12.8 Å². The SMILES string of the molecule is Clc1cccc(Cl)c1CN1CCC(Br)CC1. The maximum Gasteiger partial charge on any atom is 0.0465 e. The first kappa shape index (κ1) is 12.7. The van der Waals surface area contributed by atoms with E-state index in [-0.39, 0.29) is 0 Å². The molecule has 1 aromatic carbocycles. The molecule has 1 aliphatic rings. The van der Waals surface area contributed by atoms with Gasteiger partial charge in [0.05, 0.1) is 0 Å². The number of nitrogens with zero attached hydrogens (tertiary/aromatic N) is 1. The Bertz CT molecular complexity index is 342. The molecule has 0 atom stereocenters. The van der Waals surface area contributed by atoms with Crippen LogP contribution < -0.4 is 0 Å². The van der Waals surface area contributed by atoms with Crippen LogP contribution in [0.15, 0.2) is 18.2 Å². The van der Waals surface area contributed by atoms with Crippen molar-refractivity contribution in [1.29, 1.82) is 0 Å². The van der Waals surface area contributed by atoms with Crippen molar-refractivity contribution < 1.29 is 0 Å². The smallest absolute Gasteiger partial charge is 0.0465 e. The third-order valence-electron chi connectivity index (χ3n) is 2.96. The Hall–Kier alpha value is 0.240. The van der Waals surface area contributed by atoms with Crippen LogP contribution in [-0.2, 0) is 6.54 Å². The van der Waals surface area contributed by atoms with E-state index in [2.05, 4.69) is 20.8 Å². The predicted molar refractivity (Wildman–Crippen MR) is 73.7 cm³/mol. The average Bonchev–Trinajstić information content (AvgIpc) is 2.26. The monoisotopic (exact) mass is 321 g/mol. The van der Waals surface area contributed by atoms with Gasteiger partial charge in [-0.3, -0.25) is 4.90 Å². The summed E-state index contributed by atoms with van der Waals surface area (Å²) in [5.41, 5.74) is 1.05. The fraction of sp³-hybridized carbons (Fsp3) is 0.500. The topological polar surface area (TPSA) is 3.24 Å². The Balaban J connectivity index is 2.04. The largest absolute Gasteiger partial charge is 0.299 e. The molecule has 1 heterocycles. The van der Waals surface area contributed by atoms with Gasteiger partial charge in [0, 0.05) is 27.0 Å². The minimum atomic E-state index is 0.672. The molecule has 0 radical (unpaired) electrons. The van der Waals surface area contributed by atoms with Gasteiger partial charge in [-0.15, -0.1) is 0 Å². The van der Waals surface area contributed by atoms with Crippen LogP contribution in [-0.4, -0.2) is 22.8 Å². The highest BCUT2D eigenvalue weighted by molar-refractivity contribution is 9.09. The molecule has 1 saturated heterocycles. The summed E-state index contributed by atoms with van der Waals surface area (Å²) in [7, 11) is 0. The summed E-state index contributed by atoms with van der Waals surface area (Å²) in [5, 5.41) is 1.54. The summed E-state index contributed by atoms with van der Waals surface area (Å²) in [6.07, 6.45) is 2.39. The lowest BCUT2D eigenvalue weighted by molar-refractivity contribution is 0.226. The van der Waals surface area contributed by atoms with E-state index in [1.54, 1.807) is 0 Å². The zero-order valence-electron chi connectivity index (χ0n) is 8.93. The summed E-state index contributed by atoms with van der Waals surface area (Å²) in [6.45, 7) is 3.08. The van der Waals surface area contributed by atoms with Crippen molar-refractivity contribution >= 4 is 39.1 Å². The molecule has 0 aliphatic carbocycles. The first-order valence-corrected chi connectivity index (χ1v) is 7.13. The molecule has 1 aliphatic heterocycles. The second kappa shape index (κ2) is 5.72. The zero-order chi connectivity index (χ0) is 11.5. The molecular weight excluding hydrogens is 309 g/mol. The Morgan fingerprint density at radius 3 is 2.31 bits per heavy atom. The number of alkyl halides is 1. The van der Waals surface area contributed by atoms with Crippen LogP contribution in [0.3, 0.4) is 0 Å². The zero-order valence-corrected chi connectivity index (χ0v) is 12.0. The molecule has 1 aromatic rings. The van der Waals surface area contributed by atoms with Gasteiger partial charge in [0.15, 0.2) is 0 Å². The highest BCUT2D eigenvalue weighted by atomic mass is 79.9. The van der Waals surface area contributed by atoms with Gasteiger partial charge in [-0.25, -0.2) is 0 Å². The van der Waals surface area contributed by atoms with Crippen LogP contribution in [0.25, 0.3) is 0 Å². The number of hydrogen-bond donors (Lipinski definition) is 0.